The van der Waals surface area contributed by atoms with Gasteiger partial charge in [0, 0.05) is 13.1 Å². The first-order valence-corrected chi connectivity index (χ1v) is 8.21. The number of hydrogen-bond donors (Lipinski definition) is 0. The standard InChI is InChI=1S/C18H20BrNO3/c1-3-20(12-14-8-10-15(22-2)11-9-14)18(21)13-23-17-7-5-4-6-16(17)19/h4-11H,3,12-13H2,1-2H3. The van der Waals surface area contributed by atoms with Crippen LogP contribution in [0.15, 0.2) is 53.0 Å². The number of amides is 1. The number of carbonyl (C=O) groups is 1. The summed E-state index contributed by atoms with van der Waals surface area (Å²) in [5.74, 6) is 1.43. The van der Waals surface area contributed by atoms with Gasteiger partial charge in [-0.25, -0.2) is 0 Å². The highest BCUT2D eigenvalue weighted by Crippen LogP contribution is 2.23. The van der Waals surface area contributed by atoms with Crippen LogP contribution in [-0.2, 0) is 11.3 Å². The van der Waals surface area contributed by atoms with E-state index < -0.39 is 0 Å². The van der Waals surface area contributed by atoms with E-state index in [2.05, 4.69) is 15.9 Å². The first kappa shape index (κ1) is 17.3. The maximum atomic E-state index is 12.3. The van der Waals surface area contributed by atoms with Crippen LogP contribution in [0.1, 0.15) is 12.5 Å². The average Bonchev–Trinajstić information content (AvgIpc) is 2.59. The van der Waals surface area contributed by atoms with Crippen LogP contribution >= 0.6 is 15.9 Å². The van der Waals surface area contributed by atoms with Crippen molar-refractivity contribution in [1.82, 2.24) is 4.90 Å². The second-order valence-corrected chi connectivity index (χ2v) is 5.83. The fourth-order valence-electron chi connectivity index (χ4n) is 2.12. The van der Waals surface area contributed by atoms with E-state index in [4.69, 9.17) is 9.47 Å². The van der Waals surface area contributed by atoms with Crippen molar-refractivity contribution in [3.63, 3.8) is 0 Å². The number of carbonyl (C=O) groups excluding carboxylic acids is 1. The van der Waals surface area contributed by atoms with E-state index in [0.29, 0.717) is 18.8 Å². The molecule has 0 unspecified atom stereocenters. The minimum absolute atomic E-state index is 0.0204. The summed E-state index contributed by atoms with van der Waals surface area (Å²) in [6.45, 7) is 3.16. The maximum absolute atomic E-state index is 12.3. The Morgan fingerprint density at radius 2 is 1.83 bits per heavy atom. The molecule has 0 heterocycles. The third kappa shape index (κ3) is 4.99. The Bertz CT molecular complexity index is 643. The quantitative estimate of drug-likeness (QED) is 0.734. The van der Waals surface area contributed by atoms with Gasteiger partial charge in [0.2, 0.25) is 0 Å². The lowest BCUT2D eigenvalue weighted by Crippen LogP contribution is -2.34. The first-order valence-electron chi connectivity index (χ1n) is 7.42. The van der Waals surface area contributed by atoms with Gasteiger partial charge in [-0.05, 0) is 52.7 Å². The minimum atomic E-state index is -0.0425. The zero-order valence-electron chi connectivity index (χ0n) is 13.3. The van der Waals surface area contributed by atoms with E-state index in [1.807, 2.05) is 55.5 Å². The van der Waals surface area contributed by atoms with Crippen molar-refractivity contribution in [3.05, 3.63) is 58.6 Å². The van der Waals surface area contributed by atoms with E-state index in [-0.39, 0.29) is 12.5 Å². The van der Waals surface area contributed by atoms with Crippen molar-refractivity contribution < 1.29 is 14.3 Å². The third-order valence-corrected chi connectivity index (χ3v) is 4.11. The molecule has 0 aliphatic heterocycles. The van der Waals surface area contributed by atoms with Crippen molar-refractivity contribution in [2.24, 2.45) is 0 Å². The molecule has 0 N–H and O–H groups in total. The maximum Gasteiger partial charge on any atom is 0.260 e. The van der Waals surface area contributed by atoms with E-state index in [0.717, 1.165) is 15.8 Å². The second-order valence-electron chi connectivity index (χ2n) is 4.98. The molecule has 0 bridgehead atoms. The van der Waals surface area contributed by atoms with Crippen LogP contribution in [0.2, 0.25) is 0 Å². The van der Waals surface area contributed by atoms with Gasteiger partial charge < -0.3 is 14.4 Å². The lowest BCUT2D eigenvalue weighted by molar-refractivity contribution is -0.133. The molecule has 0 aliphatic carbocycles. The average molecular weight is 378 g/mol. The van der Waals surface area contributed by atoms with Gasteiger partial charge in [0.1, 0.15) is 11.5 Å². The smallest absolute Gasteiger partial charge is 0.260 e. The number of rotatable bonds is 7. The molecule has 2 aromatic carbocycles. The minimum Gasteiger partial charge on any atom is -0.497 e. The molecule has 0 saturated heterocycles. The SMILES string of the molecule is CCN(Cc1ccc(OC)cc1)C(=O)COc1ccccc1Br. The van der Waals surface area contributed by atoms with Crippen LogP contribution in [0, 0.1) is 0 Å². The van der Waals surface area contributed by atoms with Gasteiger partial charge in [-0.1, -0.05) is 24.3 Å². The summed E-state index contributed by atoms with van der Waals surface area (Å²) in [6.07, 6.45) is 0. The van der Waals surface area contributed by atoms with Crippen LogP contribution in [0.4, 0.5) is 0 Å². The number of benzene rings is 2. The number of halogens is 1. The zero-order valence-corrected chi connectivity index (χ0v) is 14.9. The van der Waals surface area contributed by atoms with Gasteiger partial charge in [0.25, 0.3) is 5.91 Å². The van der Waals surface area contributed by atoms with E-state index in [9.17, 15) is 4.79 Å². The van der Waals surface area contributed by atoms with Crippen molar-refractivity contribution >= 4 is 21.8 Å². The van der Waals surface area contributed by atoms with Crippen LogP contribution in [0.5, 0.6) is 11.5 Å². The Balaban J connectivity index is 1.94. The number of para-hydroxylation sites is 1. The Hall–Kier alpha value is -2.01. The highest BCUT2D eigenvalue weighted by atomic mass is 79.9. The molecule has 2 aromatic rings. The Morgan fingerprint density at radius 1 is 1.13 bits per heavy atom. The summed E-state index contributed by atoms with van der Waals surface area (Å²) >= 11 is 3.41. The largest absolute Gasteiger partial charge is 0.497 e. The molecule has 4 nitrogen and oxygen atoms in total. The molecule has 0 aromatic heterocycles. The lowest BCUT2D eigenvalue weighted by Gasteiger charge is -2.21. The van der Waals surface area contributed by atoms with Crippen molar-refractivity contribution in [2.45, 2.75) is 13.5 Å². The summed E-state index contributed by atoms with van der Waals surface area (Å²) in [5, 5.41) is 0. The fourth-order valence-corrected chi connectivity index (χ4v) is 2.52. The van der Waals surface area contributed by atoms with Gasteiger partial charge in [-0.3, -0.25) is 4.79 Å². The molecule has 0 spiro atoms. The van der Waals surface area contributed by atoms with Gasteiger partial charge in [0.05, 0.1) is 11.6 Å². The Kier molecular flexibility index (Phi) is 6.47. The number of likely N-dealkylation sites (N-methyl/N-ethyl adjacent to an activating group) is 1. The van der Waals surface area contributed by atoms with Crippen LogP contribution in [0.3, 0.4) is 0 Å². The van der Waals surface area contributed by atoms with E-state index in [1.54, 1.807) is 12.0 Å². The van der Waals surface area contributed by atoms with Crippen LogP contribution in [0.25, 0.3) is 0 Å². The van der Waals surface area contributed by atoms with Crippen LogP contribution < -0.4 is 9.47 Å². The number of ether oxygens (including phenoxy) is 2. The molecular formula is C18H20BrNO3. The lowest BCUT2D eigenvalue weighted by atomic mass is 10.2. The molecule has 0 saturated carbocycles. The zero-order chi connectivity index (χ0) is 16.7. The highest BCUT2D eigenvalue weighted by molar-refractivity contribution is 9.10. The van der Waals surface area contributed by atoms with Gasteiger partial charge >= 0.3 is 0 Å². The summed E-state index contributed by atoms with van der Waals surface area (Å²) < 4.78 is 11.6. The third-order valence-electron chi connectivity index (χ3n) is 3.45. The normalized spacial score (nSPS) is 10.2. The predicted molar refractivity (Wildman–Crippen MR) is 93.7 cm³/mol. The summed E-state index contributed by atoms with van der Waals surface area (Å²) in [4.78, 5) is 14.1. The molecule has 2 rings (SSSR count). The number of nitrogens with zero attached hydrogens (tertiary/aromatic N) is 1. The molecule has 0 radical (unpaired) electrons. The molecule has 5 heteroatoms. The monoisotopic (exact) mass is 377 g/mol. The van der Waals surface area contributed by atoms with Crippen molar-refractivity contribution in [3.8, 4) is 11.5 Å². The Morgan fingerprint density at radius 3 is 2.43 bits per heavy atom. The number of methoxy groups -OCH3 is 1. The van der Waals surface area contributed by atoms with Crippen molar-refractivity contribution in [2.75, 3.05) is 20.3 Å². The van der Waals surface area contributed by atoms with Crippen LogP contribution in [-0.4, -0.2) is 31.1 Å². The first-order chi connectivity index (χ1) is 11.1. The highest BCUT2D eigenvalue weighted by Gasteiger charge is 2.13. The van der Waals surface area contributed by atoms with Gasteiger partial charge in [0.15, 0.2) is 6.61 Å². The predicted octanol–water partition coefficient (Wildman–Crippen LogP) is 3.89. The Labute approximate surface area is 145 Å². The topological polar surface area (TPSA) is 38.8 Å². The van der Waals surface area contributed by atoms with Gasteiger partial charge in [-0.15, -0.1) is 0 Å². The van der Waals surface area contributed by atoms with Crippen molar-refractivity contribution in [1.29, 1.82) is 0 Å². The molecule has 122 valence electrons. The molecular weight excluding hydrogens is 358 g/mol. The fraction of sp³-hybridized carbons (Fsp3) is 0.278. The molecule has 23 heavy (non-hydrogen) atoms. The van der Waals surface area contributed by atoms with E-state index in [1.165, 1.54) is 0 Å². The van der Waals surface area contributed by atoms with Gasteiger partial charge in [-0.2, -0.15) is 0 Å². The molecule has 0 atom stereocenters. The second kappa shape index (κ2) is 8.58. The molecule has 1 amide bonds. The molecule has 0 aliphatic rings. The summed E-state index contributed by atoms with van der Waals surface area (Å²) in [5.41, 5.74) is 1.06. The van der Waals surface area contributed by atoms with E-state index >= 15 is 0 Å². The summed E-state index contributed by atoms with van der Waals surface area (Å²) in [7, 11) is 1.63. The number of hydrogen-bond acceptors (Lipinski definition) is 3. The molecule has 0 fully saturated rings. The summed E-state index contributed by atoms with van der Waals surface area (Å²) in [6, 6.07) is 15.2.